The lowest BCUT2D eigenvalue weighted by atomic mass is 9.76. The lowest BCUT2D eigenvalue weighted by molar-refractivity contribution is -0.131. The highest BCUT2D eigenvalue weighted by atomic mass is 16.5. The maximum atomic E-state index is 12.7. The molecule has 1 spiro atoms. The largest absolute Gasteiger partial charge is 0.383 e. The Balaban J connectivity index is 1.66. The van der Waals surface area contributed by atoms with E-state index < -0.39 is 0 Å². The summed E-state index contributed by atoms with van der Waals surface area (Å²) in [6.45, 7) is 4.42. The third-order valence-corrected chi connectivity index (χ3v) is 5.58. The van der Waals surface area contributed by atoms with E-state index in [1.54, 1.807) is 18.0 Å². The number of amides is 2. The summed E-state index contributed by atoms with van der Waals surface area (Å²) in [5.41, 5.74) is 0.990. The van der Waals surface area contributed by atoms with Crippen molar-refractivity contribution in [1.29, 1.82) is 0 Å². The van der Waals surface area contributed by atoms with Gasteiger partial charge < -0.3 is 15.0 Å². The lowest BCUT2D eigenvalue weighted by Crippen LogP contribution is -2.41. The highest BCUT2D eigenvalue weighted by Crippen LogP contribution is 2.49. The summed E-state index contributed by atoms with van der Waals surface area (Å²) in [7, 11) is 1.62. The molecule has 1 aromatic rings. The minimum Gasteiger partial charge on any atom is -0.383 e. The Morgan fingerprint density at radius 3 is 2.80 bits per heavy atom. The van der Waals surface area contributed by atoms with Crippen LogP contribution >= 0.6 is 0 Å². The van der Waals surface area contributed by atoms with Crippen LogP contribution in [0.2, 0.25) is 0 Å². The van der Waals surface area contributed by atoms with E-state index in [-0.39, 0.29) is 29.7 Å². The molecule has 2 aliphatic rings. The molecule has 0 aromatic carbocycles. The molecule has 1 aromatic heterocycles. The SMILES string of the molecule is COCCNC(=O)C1CN(C(=O)Cn2cc(C)cn2)CC12CCCC2. The summed E-state index contributed by atoms with van der Waals surface area (Å²) in [6.07, 6.45) is 7.96. The maximum Gasteiger partial charge on any atom is 0.244 e. The van der Waals surface area contributed by atoms with Crippen molar-refractivity contribution in [2.75, 3.05) is 33.4 Å². The van der Waals surface area contributed by atoms with Crippen LogP contribution in [0.25, 0.3) is 0 Å². The first kappa shape index (κ1) is 17.9. The Morgan fingerprint density at radius 2 is 2.16 bits per heavy atom. The summed E-state index contributed by atoms with van der Waals surface area (Å²) in [4.78, 5) is 27.3. The van der Waals surface area contributed by atoms with Crippen LogP contribution in [-0.2, 0) is 20.9 Å². The second-order valence-corrected chi connectivity index (χ2v) is 7.40. The van der Waals surface area contributed by atoms with Crippen molar-refractivity contribution in [3.63, 3.8) is 0 Å². The molecule has 7 nitrogen and oxygen atoms in total. The molecule has 2 fully saturated rings. The summed E-state index contributed by atoms with van der Waals surface area (Å²) in [6, 6.07) is 0. The fraction of sp³-hybridized carbons (Fsp3) is 0.722. The van der Waals surface area contributed by atoms with Gasteiger partial charge in [0.05, 0.1) is 18.7 Å². The summed E-state index contributed by atoms with van der Waals surface area (Å²) in [5.74, 6) is -0.0130. The molecule has 1 aliphatic heterocycles. The molecule has 0 radical (unpaired) electrons. The minimum atomic E-state index is -0.116. The van der Waals surface area contributed by atoms with Crippen molar-refractivity contribution in [3.8, 4) is 0 Å². The number of rotatable bonds is 6. The van der Waals surface area contributed by atoms with Gasteiger partial charge in [-0.3, -0.25) is 14.3 Å². The van der Waals surface area contributed by atoms with Crippen molar-refractivity contribution in [2.45, 2.75) is 39.2 Å². The van der Waals surface area contributed by atoms with Gasteiger partial charge in [-0.05, 0) is 25.3 Å². The van der Waals surface area contributed by atoms with Crippen LogP contribution in [0.4, 0.5) is 0 Å². The predicted molar refractivity (Wildman–Crippen MR) is 92.8 cm³/mol. The van der Waals surface area contributed by atoms with Crippen molar-refractivity contribution >= 4 is 11.8 Å². The van der Waals surface area contributed by atoms with Crippen molar-refractivity contribution in [3.05, 3.63) is 18.0 Å². The van der Waals surface area contributed by atoms with Gasteiger partial charge in [0.15, 0.2) is 0 Å². The van der Waals surface area contributed by atoms with Gasteiger partial charge >= 0.3 is 0 Å². The smallest absolute Gasteiger partial charge is 0.244 e. The highest BCUT2D eigenvalue weighted by molar-refractivity contribution is 5.83. The van der Waals surface area contributed by atoms with Gasteiger partial charge in [0.1, 0.15) is 6.54 Å². The van der Waals surface area contributed by atoms with Gasteiger partial charge in [-0.25, -0.2) is 0 Å². The molecular weight excluding hydrogens is 320 g/mol. The van der Waals surface area contributed by atoms with E-state index in [9.17, 15) is 9.59 Å². The molecule has 1 saturated carbocycles. The van der Waals surface area contributed by atoms with Crippen LogP contribution in [-0.4, -0.2) is 59.8 Å². The quantitative estimate of drug-likeness (QED) is 0.778. The number of carbonyl (C=O) groups is 2. The average Bonchev–Trinajstić information content (AvgIpc) is 3.30. The summed E-state index contributed by atoms with van der Waals surface area (Å²) < 4.78 is 6.68. The molecule has 1 atom stereocenters. The number of hydrogen-bond acceptors (Lipinski definition) is 4. The first-order chi connectivity index (χ1) is 12.0. The molecule has 3 rings (SSSR count). The maximum absolute atomic E-state index is 12.7. The van der Waals surface area contributed by atoms with Gasteiger partial charge in [0, 0.05) is 38.4 Å². The first-order valence-electron chi connectivity index (χ1n) is 9.07. The van der Waals surface area contributed by atoms with E-state index in [0.29, 0.717) is 26.2 Å². The van der Waals surface area contributed by atoms with E-state index in [2.05, 4.69) is 10.4 Å². The first-order valence-corrected chi connectivity index (χ1v) is 9.07. The van der Waals surface area contributed by atoms with E-state index in [0.717, 1.165) is 31.2 Å². The molecule has 1 saturated heterocycles. The van der Waals surface area contributed by atoms with Crippen molar-refractivity contribution in [1.82, 2.24) is 20.0 Å². The van der Waals surface area contributed by atoms with Crippen LogP contribution in [0.1, 0.15) is 31.2 Å². The minimum absolute atomic E-state index is 0.0431. The number of hydrogen-bond donors (Lipinski definition) is 1. The zero-order valence-electron chi connectivity index (χ0n) is 15.2. The van der Waals surface area contributed by atoms with E-state index >= 15 is 0 Å². The molecule has 25 heavy (non-hydrogen) atoms. The molecular formula is C18H28N4O3. The van der Waals surface area contributed by atoms with Crippen molar-refractivity contribution < 1.29 is 14.3 Å². The number of aryl methyl sites for hydroxylation is 1. The Bertz CT molecular complexity index is 622. The normalized spacial score (nSPS) is 21.8. The average molecular weight is 348 g/mol. The molecule has 7 heteroatoms. The van der Waals surface area contributed by atoms with Gasteiger partial charge in [-0.2, -0.15) is 5.10 Å². The van der Waals surface area contributed by atoms with E-state index in [1.807, 2.05) is 18.0 Å². The van der Waals surface area contributed by atoms with Gasteiger partial charge in [0.25, 0.3) is 0 Å². The highest BCUT2D eigenvalue weighted by Gasteiger charge is 2.52. The number of likely N-dealkylation sites (tertiary alicyclic amines) is 1. The molecule has 2 heterocycles. The Kier molecular flexibility index (Phi) is 5.42. The summed E-state index contributed by atoms with van der Waals surface area (Å²) >= 11 is 0. The van der Waals surface area contributed by atoms with Crippen LogP contribution in [0.5, 0.6) is 0 Å². The topological polar surface area (TPSA) is 76.5 Å². The molecule has 1 aliphatic carbocycles. The third-order valence-electron chi connectivity index (χ3n) is 5.58. The molecule has 2 amide bonds. The molecule has 138 valence electrons. The van der Waals surface area contributed by atoms with E-state index in [4.69, 9.17) is 4.74 Å². The van der Waals surface area contributed by atoms with Crippen LogP contribution in [0, 0.1) is 18.3 Å². The Hall–Kier alpha value is -1.89. The second-order valence-electron chi connectivity index (χ2n) is 7.40. The standard InChI is InChI=1S/C18H28N4O3/c1-14-9-20-22(10-14)12-16(23)21-11-15(17(24)19-7-8-25-2)18(13-21)5-3-4-6-18/h9-10,15H,3-8,11-13H2,1-2H3,(H,19,24). The van der Waals surface area contributed by atoms with Gasteiger partial charge in [0.2, 0.25) is 11.8 Å². The monoisotopic (exact) mass is 348 g/mol. The Labute approximate surface area is 148 Å². The van der Waals surface area contributed by atoms with Crippen molar-refractivity contribution in [2.24, 2.45) is 11.3 Å². The second kappa shape index (κ2) is 7.56. The van der Waals surface area contributed by atoms with Crippen LogP contribution in [0.15, 0.2) is 12.4 Å². The number of aromatic nitrogens is 2. The molecule has 0 bridgehead atoms. The fourth-order valence-corrected chi connectivity index (χ4v) is 4.30. The number of nitrogens with zero attached hydrogens (tertiary/aromatic N) is 3. The zero-order chi connectivity index (χ0) is 17.9. The molecule has 1 unspecified atom stereocenters. The van der Waals surface area contributed by atoms with Crippen LogP contribution < -0.4 is 5.32 Å². The summed E-state index contributed by atoms with van der Waals surface area (Å²) in [5, 5.41) is 7.17. The van der Waals surface area contributed by atoms with Gasteiger partial charge in [-0.1, -0.05) is 12.8 Å². The third kappa shape index (κ3) is 3.86. The zero-order valence-corrected chi connectivity index (χ0v) is 15.2. The van der Waals surface area contributed by atoms with Crippen LogP contribution in [0.3, 0.4) is 0 Å². The number of nitrogens with one attached hydrogen (secondary N) is 1. The fourth-order valence-electron chi connectivity index (χ4n) is 4.30. The van der Waals surface area contributed by atoms with Gasteiger partial charge in [-0.15, -0.1) is 0 Å². The number of carbonyl (C=O) groups excluding carboxylic acids is 2. The van der Waals surface area contributed by atoms with E-state index in [1.165, 1.54) is 0 Å². The number of ether oxygens (including phenoxy) is 1. The Morgan fingerprint density at radius 1 is 1.40 bits per heavy atom. The predicted octanol–water partition coefficient (Wildman–Crippen LogP) is 0.973. The molecule has 1 N–H and O–H groups in total. The lowest BCUT2D eigenvalue weighted by Gasteiger charge is -2.28. The number of methoxy groups -OCH3 is 1.